The van der Waals surface area contributed by atoms with Crippen LogP contribution in [0, 0.1) is 0 Å². The molecule has 0 saturated heterocycles. The number of rotatable bonds is 2. The fourth-order valence-electron chi connectivity index (χ4n) is 1.68. The second kappa shape index (κ2) is 4.11. The molecule has 0 amide bonds. The van der Waals surface area contributed by atoms with E-state index in [1.54, 1.807) is 12.5 Å². The van der Waals surface area contributed by atoms with Crippen LogP contribution >= 0.6 is 11.6 Å². The molecule has 0 aliphatic heterocycles. The van der Waals surface area contributed by atoms with Crippen LogP contribution in [-0.2, 0) is 0 Å². The Kier molecular flexibility index (Phi) is 2.46. The van der Waals surface area contributed by atoms with Crippen molar-refractivity contribution < 1.29 is 4.42 Å². The van der Waals surface area contributed by atoms with Crippen LogP contribution in [0.25, 0.3) is 22.8 Å². The summed E-state index contributed by atoms with van der Waals surface area (Å²) in [6.45, 7) is 0. The van der Waals surface area contributed by atoms with Crippen LogP contribution in [0.1, 0.15) is 0 Å². The molecule has 2 aromatic heterocycles. The molecular weight excluding hydrogens is 236 g/mol. The van der Waals surface area contributed by atoms with Gasteiger partial charge in [-0.05, 0) is 18.2 Å². The molecular formula is C13H9ClN2O. The van der Waals surface area contributed by atoms with Crippen LogP contribution in [0.2, 0.25) is 5.02 Å². The third-order valence-corrected chi connectivity index (χ3v) is 2.82. The van der Waals surface area contributed by atoms with Crippen molar-refractivity contribution in [3.05, 3.63) is 53.9 Å². The van der Waals surface area contributed by atoms with Crippen LogP contribution in [0.15, 0.2) is 53.3 Å². The largest absolute Gasteiger partial charge is 0.461 e. The smallest absolute Gasteiger partial charge is 0.173 e. The molecule has 0 fully saturated rings. The SMILES string of the molecule is Clc1ccccc1-c1cnc(-c2ccco2)[nH]1. The maximum atomic E-state index is 6.12. The molecule has 17 heavy (non-hydrogen) atoms. The number of hydrogen-bond acceptors (Lipinski definition) is 2. The number of nitrogens with one attached hydrogen (secondary N) is 1. The van der Waals surface area contributed by atoms with Gasteiger partial charge in [0.2, 0.25) is 0 Å². The monoisotopic (exact) mass is 244 g/mol. The topological polar surface area (TPSA) is 41.8 Å². The fourth-order valence-corrected chi connectivity index (χ4v) is 1.91. The van der Waals surface area contributed by atoms with Crippen molar-refractivity contribution in [2.24, 2.45) is 0 Å². The van der Waals surface area contributed by atoms with Gasteiger partial charge in [0.05, 0.1) is 18.2 Å². The Morgan fingerprint density at radius 2 is 2.00 bits per heavy atom. The molecule has 3 rings (SSSR count). The average molecular weight is 245 g/mol. The number of aromatic nitrogens is 2. The molecule has 0 aliphatic carbocycles. The first-order chi connectivity index (χ1) is 8.34. The number of benzene rings is 1. The maximum absolute atomic E-state index is 6.12. The van der Waals surface area contributed by atoms with Crippen LogP contribution < -0.4 is 0 Å². The van der Waals surface area contributed by atoms with Gasteiger partial charge in [-0.3, -0.25) is 0 Å². The van der Waals surface area contributed by atoms with Crippen LogP contribution in [-0.4, -0.2) is 9.97 Å². The Balaban J connectivity index is 2.04. The molecule has 0 unspecified atom stereocenters. The van der Waals surface area contributed by atoms with Gasteiger partial charge in [0.1, 0.15) is 0 Å². The van der Waals surface area contributed by atoms with E-state index in [0.717, 1.165) is 11.3 Å². The zero-order valence-corrected chi connectivity index (χ0v) is 9.61. The Morgan fingerprint density at radius 1 is 1.12 bits per heavy atom. The van der Waals surface area contributed by atoms with E-state index < -0.39 is 0 Å². The summed E-state index contributed by atoms with van der Waals surface area (Å²) in [5, 5.41) is 0.696. The average Bonchev–Trinajstić information content (AvgIpc) is 3.00. The fraction of sp³-hybridized carbons (Fsp3) is 0. The first-order valence-corrected chi connectivity index (χ1v) is 5.56. The van der Waals surface area contributed by atoms with Crippen molar-refractivity contribution in [3.63, 3.8) is 0 Å². The summed E-state index contributed by atoms with van der Waals surface area (Å²) in [5.74, 6) is 1.41. The summed E-state index contributed by atoms with van der Waals surface area (Å²) in [4.78, 5) is 7.45. The van der Waals surface area contributed by atoms with E-state index in [0.29, 0.717) is 16.6 Å². The van der Waals surface area contributed by atoms with Crippen molar-refractivity contribution in [1.29, 1.82) is 0 Å². The minimum atomic E-state index is 0.696. The molecule has 0 aliphatic rings. The van der Waals surface area contributed by atoms with Gasteiger partial charge in [0, 0.05) is 10.6 Å². The molecule has 1 N–H and O–H groups in total. The van der Waals surface area contributed by atoms with Crippen LogP contribution in [0.3, 0.4) is 0 Å². The minimum Gasteiger partial charge on any atom is -0.461 e. The zero-order valence-electron chi connectivity index (χ0n) is 8.85. The van der Waals surface area contributed by atoms with Crippen molar-refractivity contribution in [1.82, 2.24) is 9.97 Å². The van der Waals surface area contributed by atoms with Gasteiger partial charge in [0.25, 0.3) is 0 Å². The van der Waals surface area contributed by atoms with E-state index >= 15 is 0 Å². The summed E-state index contributed by atoms with van der Waals surface area (Å²) < 4.78 is 5.27. The molecule has 4 heteroatoms. The summed E-state index contributed by atoms with van der Waals surface area (Å²) in [6, 6.07) is 11.3. The van der Waals surface area contributed by atoms with Gasteiger partial charge >= 0.3 is 0 Å². The number of furan rings is 1. The summed E-state index contributed by atoms with van der Waals surface area (Å²) in [6.07, 6.45) is 3.37. The van der Waals surface area contributed by atoms with Crippen molar-refractivity contribution in [2.75, 3.05) is 0 Å². The lowest BCUT2D eigenvalue weighted by molar-refractivity contribution is 0.578. The summed E-state index contributed by atoms with van der Waals surface area (Å²) >= 11 is 6.12. The molecule has 0 atom stereocenters. The molecule has 0 saturated carbocycles. The minimum absolute atomic E-state index is 0.696. The normalized spacial score (nSPS) is 10.6. The molecule has 2 heterocycles. The predicted octanol–water partition coefficient (Wildman–Crippen LogP) is 3.99. The summed E-state index contributed by atoms with van der Waals surface area (Å²) in [7, 11) is 0. The number of halogens is 1. The molecule has 84 valence electrons. The van der Waals surface area contributed by atoms with Crippen molar-refractivity contribution >= 4 is 11.6 Å². The molecule has 0 bridgehead atoms. The molecule has 3 aromatic rings. The van der Waals surface area contributed by atoms with Gasteiger partial charge in [-0.2, -0.15) is 0 Å². The second-order valence-electron chi connectivity index (χ2n) is 3.60. The van der Waals surface area contributed by atoms with E-state index in [4.69, 9.17) is 16.0 Å². The Morgan fingerprint density at radius 3 is 2.76 bits per heavy atom. The molecule has 1 aromatic carbocycles. The maximum Gasteiger partial charge on any atom is 0.173 e. The second-order valence-corrected chi connectivity index (χ2v) is 4.01. The molecule has 3 nitrogen and oxygen atoms in total. The number of imidazole rings is 1. The number of hydrogen-bond donors (Lipinski definition) is 1. The molecule has 0 spiro atoms. The highest BCUT2D eigenvalue weighted by Gasteiger charge is 2.09. The Bertz CT molecular complexity index is 628. The quantitative estimate of drug-likeness (QED) is 0.741. The lowest BCUT2D eigenvalue weighted by Crippen LogP contribution is -1.79. The first-order valence-electron chi connectivity index (χ1n) is 5.18. The first kappa shape index (κ1) is 10.2. The molecule has 0 radical (unpaired) electrons. The van der Waals surface area contributed by atoms with Gasteiger partial charge < -0.3 is 9.40 Å². The van der Waals surface area contributed by atoms with Gasteiger partial charge in [-0.15, -0.1) is 0 Å². The summed E-state index contributed by atoms with van der Waals surface area (Å²) in [5.41, 5.74) is 1.81. The third-order valence-electron chi connectivity index (χ3n) is 2.49. The standard InChI is InChI=1S/C13H9ClN2O/c14-10-5-2-1-4-9(10)11-8-15-13(16-11)12-6-3-7-17-12/h1-8H,(H,15,16). The van der Waals surface area contributed by atoms with Crippen LogP contribution in [0.5, 0.6) is 0 Å². The highest BCUT2D eigenvalue weighted by atomic mass is 35.5. The van der Waals surface area contributed by atoms with Crippen molar-refractivity contribution in [3.8, 4) is 22.8 Å². The van der Waals surface area contributed by atoms with Gasteiger partial charge in [0.15, 0.2) is 11.6 Å². The zero-order chi connectivity index (χ0) is 11.7. The van der Waals surface area contributed by atoms with E-state index in [9.17, 15) is 0 Å². The van der Waals surface area contributed by atoms with Crippen molar-refractivity contribution in [2.45, 2.75) is 0 Å². The van der Waals surface area contributed by atoms with E-state index in [1.807, 2.05) is 36.4 Å². The highest BCUT2D eigenvalue weighted by Crippen LogP contribution is 2.27. The lowest BCUT2D eigenvalue weighted by atomic mass is 10.2. The number of nitrogens with zero attached hydrogens (tertiary/aromatic N) is 1. The van der Waals surface area contributed by atoms with E-state index in [2.05, 4.69) is 9.97 Å². The number of H-pyrrole nitrogens is 1. The van der Waals surface area contributed by atoms with E-state index in [-0.39, 0.29) is 0 Å². The highest BCUT2D eigenvalue weighted by molar-refractivity contribution is 6.33. The third kappa shape index (κ3) is 1.85. The number of aromatic amines is 1. The van der Waals surface area contributed by atoms with Gasteiger partial charge in [-0.25, -0.2) is 4.98 Å². The lowest BCUT2D eigenvalue weighted by Gasteiger charge is -1.99. The van der Waals surface area contributed by atoms with Crippen LogP contribution in [0.4, 0.5) is 0 Å². The van der Waals surface area contributed by atoms with Gasteiger partial charge in [-0.1, -0.05) is 29.8 Å². The predicted molar refractivity (Wildman–Crippen MR) is 66.7 cm³/mol. The Labute approximate surface area is 103 Å². The Hall–Kier alpha value is -2.00. The van der Waals surface area contributed by atoms with E-state index in [1.165, 1.54) is 0 Å².